The van der Waals surface area contributed by atoms with Gasteiger partial charge in [-0.05, 0) is 52.6 Å². The number of imidazole rings is 1. The van der Waals surface area contributed by atoms with Crippen LogP contribution in [0.2, 0.25) is 0 Å². The number of rotatable bonds is 0. The molecule has 0 atom stereocenters. The molecule has 0 spiro atoms. The molecular formula is C32H47N3. The molecule has 0 saturated heterocycles. The Labute approximate surface area is 213 Å². The van der Waals surface area contributed by atoms with E-state index in [1.165, 1.54) is 23.1 Å². The first-order valence-electron chi connectivity index (χ1n) is 13.2. The van der Waals surface area contributed by atoms with Crippen molar-refractivity contribution in [1.29, 1.82) is 0 Å². The minimum atomic E-state index is -0.0796. The molecule has 35 heavy (non-hydrogen) atoms. The summed E-state index contributed by atoms with van der Waals surface area (Å²) in [6, 6.07) is 13.1. The summed E-state index contributed by atoms with van der Waals surface area (Å²) in [7, 11) is 0. The summed E-state index contributed by atoms with van der Waals surface area (Å²) in [6.07, 6.45) is 2.41. The van der Waals surface area contributed by atoms with Gasteiger partial charge in [0.1, 0.15) is 11.5 Å². The van der Waals surface area contributed by atoms with Gasteiger partial charge in [-0.3, -0.25) is 4.40 Å². The summed E-state index contributed by atoms with van der Waals surface area (Å²) in [5, 5.41) is 1.12. The largest absolute Gasteiger partial charge is 0.279 e. The maximum Gasteiger partial charge on any atom is 0.148 e. The highest BCUT2D eigenvalue weighted by Crippen LogP contribution is 2.50. The first-order chi connectivity index (χ1) is 16.4. The molecule has 0 radical (unpaired) electrons. The number of para-hydroxylation sites is 1. The van der Waals surface area contributed by atoms with Crippen molar-refractivity contribution in [3.05, 3.63) is 66.5 Å². The fourth-order valence-corrected chi connectivity index (χ4v) is 5.36. The standard InChI is InChI=1S/C25H29N3.C3H8.C2H6.C2H4/c1-23(2,3)22-27-18-11-9-8-10-15(18)21-26-19-12-16-17(13-20(19)28(21)22)25(6,7)14-24(16,4)5;1-3-2;2*1-2/h8-13H,14H2,1-7H3;3H2,1-2H3;1-2H3;1-2H2. The predicted molar refractivity (Wildman–Crippen MR) is 156 cm³/mol. The van der Waals surface area contributed by atoms with E-state index in [0.717, 1.165) is 34.3 Å². The van der Waals surface area contributed by atoms with Crippen molar-refractivity contribution in [3.8, 4) is 0 Å². The third-order valence-electron chi connectivity index (χ3n) is 6.39. The maximum atomic E-state index is 5.13. The number of hydrogen-bond donors (Lipinski definition) is 0. The van der Waals surface area contributed by atoms with Gasteiger partial charge >= 0.3 is 0 Å². The third-order valence-corrected chi connectivity index (χ3v) is 6.39. The molecule has 0 saturated carbocycles. The lowest BCUT2D eigenvalue weighted by Gasteiger charge is -2.22. The van der Waals surface area contributed by atoms with Crippen molar-refractivity contribution in [3.63, 3.8) is 0 Å². The highest BCUT2D eigenvalue weighted by atomic mass is 15.1. The van der Waals surface area contributed by atoms with Gasteiger partial charge in [0.05, 0.1) is 16.6 Å². The molecule has 3 nitrogen and oxygen atoms in total. The maximum absolute atomic E-state index is 5.13. The van der Waals surface area contributed by atoms with Gasteiger partial charge in [-0.25, -0.2) is 9.97 Å². The van der Waals surface area contributed by atoms with Gasteiger partial charge in [0.25, 0.3) is 0 Å². The second-order valence-corrected chi connectivity index (χ2v) is 11.5. The molecule has 190 valence electrons. The van der Waals surface area contributed by atoms with Gasteiger partial charge in [-0.15, -0.1) is 13.2 Å². The van der Waals surface area contributed by atoms with Crippen LogP contribution in [0.5, 0.6) is 0 Å². The Bertz CT molecular complexity index is 1300. The van der Waals surface area contributed by atoms with Crippen molar-refractivity contribution >= 4 is 27.6 Å². The van der Waals surface area contributed by atoms with Crippen molar-refractivity contribution in [2.75, 3.05) is 0 Å². The first kappa shape index (κ1) is 28.6. The van der Waals surface area contributed by atoms with Crippen LogP contribution >= 0.6 is 0 Å². The molecule has 0 fully saturated rings. The van der Waals surface area contributed by atoms with Crippen LogP contribution in [0.4, 0.5) is 0 Å². The number of fused-ring (bicyclic) bond motifs is 6. The second kappa shape index (κ2) is 10.5. The van der Waals surface area contributed by atoms with E-state index in [1.54, 1.807) is 0 Å². The molecule has 5 rings (SSSR count). The topological polar surface area (TPSA) is 30.2 Å². The van der Waals surface area contributed by atoms with E-state index >= 15 is 0 Å². The average molecular weight is 474 g/mol. The van der Waals surface area contributed by atoms with E-state index in [1.807, 2.05) is 13.8 Å². The Kier molecular flexibility index (Phi) is 8.58. The Morgan fingerprint density at radius 3 is 1.91 bits per heavy atom. The predicted octanol–water partition coefficient (Wildman–Crippen LogP) is 9.54. The Morgan fingerprint density at radius 2 is 1.37 bits per heavy atom. The SMILES string of the molecule is C=C.CC.CC(C)(C)c1nc2ccccc2c2nc3cc4c(cc3n12)C(C)(C)CC4(C)C.CCC. The summed E-state index contributed by atoms with van der Waals surface area (Å²) >= 11 is 0. The summed E-state index contributed by atoms with van der Waals surface area (Å²) in [5.41, 5.74) is 7.47. The van der Waals surface area contributed by atoms with Crippen molar-refractivity contribution in [1.82, 2.24) is 14.4 Å². The lowest BCUT2D eigenvalue weighted by molar-refractivity contribution is 0.403. The third kappa shape index (κ3) is 5.15. The van der Waals surface area contributed by atoms with Gasteiger partial charge in [0.2, 0.25) is 0 Å². The van der Waals surface area contributed by atoms with E-state index in [2.05, 4.69) is 116 Å². The smallest absolute Gasteiger partial charge is 0.148 e. The summed E-state index contributed by atoms with van der Waals surface area (Å²) in [4.78, 5) is 10.2. The van der Waals surface area contributed by atoms with E-state index < -0.39 is 0 Å². The van der Waals surface area contributed by atoms with Gasteiger partial charge < -0.3 is 0 Å². The molecule has 0 N–H and O–H groups in total. The Hall–Kier alpha value is -2.68. The molecule has 2 heterocycles. The zero-order valence-electron chi connectivity index (χ0n) is 24.1. The molecule has 2 aromatic heterocycles. The van der Waals surface area contributed by atoms with E-state index in [-0.39, 0.29) is 16.2 Å². The Morgan fingerprint density at radius 1 is 0.857 bits per heavy atom. The van der Waals surface area contributed by atoms with Crippen LogP contribution < -0.4 is 0 Å². The van der Waals surface area contributed by atoms with Crippen LogP contribution in [0.25, 0.3) is 27.6 Å². The molecule has 0 aliphatic heterocycles. The molecule has 2 aromatic carbocycles. The van der Waals surface area contributed by atoms with Gasteiger partial charge in [-0.2, -0.15) is 0 Å². The summed E-state index contributed by atoms with van der Waals surface area (Å²) < 4.78 is 2.30. The fraction of sp³-hybridized carbons (Fsp3) is 0.500. The van der Waals surface area contributed by atoms with E-state index in [9.17, 15) is 0 Å². The molecule has 1 aliphatic carbocycles. The van der Waals surface area contributed by atoms with Crippen molar-refractivity contribution in [2.24, 2.45) is 0 Å². The fourth-order valence-electron chi connectivity index (χ4n) is 5.36. The lowest BCUT2D eigenvalue weighted by Crippen LogP contribution is -2.19. The first-order valence-corrected chi connectivity index (χ1v) is 13.2. The number of nitrogens with zero attached hydrogens (tertiary/aromatic N) is 3. The quantitative estimate of drug-likeness (QED) is 0.238. The molecule has 3 heteroatoms. The number of aromatic nitrogens is 3. The summed E-state index contributed by atoms with van der Waals surface area (Å²) in [5.74, 6) is 1.07. The van der Waals surface area contributed by atoms with Crippen LogP contribution in [-0.4, -0.2) is 14.4 Å². The van der Waals surface area contributed by atoms with Crippen LogP contribution in [0.15, 0.2) is 49.6 Å². The van der Waals surface area contributed by atoms with Gasteiger partial charge in [0.15, 0.2) is 0 Å². The lowest BCUT2D eigenvalue weighted by atomic mass is 9.82. The van der Waals surface area contributed by atoms with Crippen LogP contribution in [0, 0.1) is 0 Å². The molecule has 0 amide bonds. The van der Waals surface area contributed by atoms with Crippen LogP contribution in [0.1, 0.15) is 106 Å². The zero-order chi connectivity index (χ0) is 26.8. The number of benzene rings is 2. The van der Waals surface area contributed by atoms with Gasteiger partial charge in [-0.1, -0.05) is 94.7 Å². The van der Waals surface area contributed by atoms with Gasteiger partial charge in [0, 0.05) is 10.8 Å². The average Bonchev–Trinajstić information content (AvgIpc) is 3.26. The molecule has 1 aliphatic rings. The molecule has 4 aromatic rings. The second-order valence-electron chi connectivity index (χ2n) is 11.5. The minimum Gasteiger partial charge on any atom is -0.279 e. The van der Waals surface area contributed by atoms with Crippen molar-refractivity contribution < 1.29 is 0 Å². The van der Waals surface area contributed by atoms with E-state index in [4.69, 9.17) is 9.97 Å². The Balaban J connectivity index is 0.000000563. The number of hydrogen-bond acceptors (Lipinski definition) is 2. The molecular weight excluding hydrogens is 426 g/mol. The van der Waals surface area contributed by atoms with Crippen molar-refractivity contribution in [2.45, 2.75) is 105 Å². The van der Waals surface area contributed by atoms with Crippen LogP contribution in [-0.2, 0) is 16.2 Å². The molecule has 0 bridgehead atoms. The highest BCUT2D eigenvalue weighted by Gasteiger charge is 2.42. The highest BCUT2D eigenvalue weighted by molar-refractivity contribution is 5.97. The summed E-state index contributed by atoms with van der Waals surface area (Å²) in [6.45, 7) is 30.4. The van der Waals surface area contributed by atoms with E-state index in [0.29, 0.717) is 0 Å². The monoisotopic (exact) mass is 473 g/mol. The normalized spacial score (nSPS) is 15.4. The zero-order valence-corrected chi connectivity index (χ0v) is 24.1. The molecule has 0 unspecified atom stereocenters. The minimum absolute atomic E-state index is 0.0796. The van der Waals surface area contributed by atoms with Crippen LogP contribution in [0.3, 0.4) is 0 Å².